The number of hydrogen-bond acceptors (Lipinski definition) is 3. The first kappa shape index (κ1) is 21.3. The van der Waals surface area contributed by atoms with Crippen molar-refractivity contribution in [3.8, 4) is 0 Å². The summed E-state index contributed by atoms with van der Waals surface area (Å²) in [6.07, 6.45) is 1.52. The van der Waals surface area contributed by atoms with Gasteiger partial charge in [0, 0.05) is 19.1 Å². The molecule has 1 aliphatic carbocycles. The maximum absolute atomic E-state index is 11.5. The van der Waals surface area contributed by atoms with E-state index < -0.39 is 0 Å². The van der Waals surface area contributed by atoms with Crippen molar-refractivity contribution in [1.82, 2.24) is 0 Å². The zero-order valence-corrected chi connectivity index (χ0v) is 16.0. The Morgan fingerprint density at radius 3 is 2.18 bits per heavy atom. The molecule has 2 rings (SSSR count). The van der Waals surface area contributed by atoms with E-state index >= 15 is 0 Å². The van der Waals surface area contributed by atoms with Gasteiger partial charge in [-0.3, -0.25) is 4.79 Å². The van der Waals surface area contributed by atoms with Crippen LogP contribution in [0.25, 0.3) is 0 Å². The number of ketones is 1. The fraction of sp³-hybridized carbons (Fsp3) is 0.556. The van der Waals surface area contributed by atoms with E-state index in [0.717, 1.165) is 21.9 Å². The molecule has 3 nitrogen and oxygen atoms in total. The standard InChI is InChI=1S/C11H12O2.C5H12.C2H5N.V/c1-13-11-7-6-10(12)8-4-2-3-5-9(8)11;1-5(2,3)4;1-2-3;/h2-5,11H,6-7H2,1H3;1-4H3;3H2,1H3;. The fourth-order valence-corrected chi connectivity index (χ4v) is 1.83. The average molecular weight is 342 g/mol. The van der Waals surface area contributed by atoms with Crippen molar-refractivity contribution >= 4 is 10.1 Å². The van der Waals surface area contributed by atoms with Gasteiger partial charge in [-0.15, -0.1) is 0 Å². The Labute approximate surface area is 144 Å². The quantitative estimate of drug-likeness (QED) is 0.838. The van der Waals surface area contributed by atoms with Crippen LogP contribution >= 0.6 is 0 Å². The number of carbonyl (C=O) groups is 1. The minimum absolute atomic E-state index is 0.105. The van der Waals surface area contributed by atoms with E-state index in [-0.39, 0.29) is 11.9 Å². The van der Waals surface area contributed by atoms with E-state index in [9.17, 15) is 4.79 Å². The van der Waals surface area contributed by atoms with Gasteiger partial charge >= 0.3 is 34.0 Å². The molecule has 1 aromatic carbocycles. The van der Waals surface area contributed by atoms with Gasteiger partial charge in [0.25, 0.3) is 0 Å². The van der Waals surface area contributed by atoms with Crippen LogP contribution in [0.1, 0.15) is 69.5 Å². The average Bonchev–Trinajstić information content (AvgIpc) is 2.37. The predicted octanol–water partition coefficient (Wildman–Crippen LogP) is 4.04. The molecule has 0 fully saturated rings. The van der Waals surface area contributed by atoms with Crippen LogP contribution in [0.15, 0.2) is 24.3 Å². The van der Waals surface area contributed by atoms with Crippen LogP contribution in [0.3, 0.4) is 0 Å². The molecule has 1 unspecified atom stereocenters. The van der Waals surface area contributed by atoms with Crippen LogP contribution in [-0.2, 0) is 21.7 Å². The van der Waals surface area contributed by atoms with E-state index in [0.29, 0.717) is 11.8 Å². The van der Waals surface area contributed by atoms with Crippen molar-refractivity contribution < 1.29 is 26.5 Å². The topological polar surface area (TPSA) is 52.3 Å². The number of Topliss-reactive ketones (excluding diaryl/α,β-unsaturated/α-hetero) is 1. The normalized spacial score (nSPS) is 16.5. The monoisotopic (exact) mass is 342 g/mol. The van der Waals surface area contributed by atoms with Gasteiger partial charge in [0.1, 0.15) is 0 Å². The van der Waals surface area contributed by atoms with Crippen molar-refractivity contribution in [1.29, 1.82) is 0 Å². The molecule has 1 aliphatic rings. The summed E-state index contributed by atoms with van der Waals surface area (Å²) < 4.78 is 6.17. The molecule has 0 radical (unpaired) electrons. The first-order valence-electron chi connectivity index (χ1n) is 7.49. The Morgan fingerprint density at radius 2 is 1.73 bits per heavy atom. The van der Waals surface area contributed by atoms with Crippen LogP contribution in [0.2, 0.25) is 0 Å². The molecule has 0 saturated carbocycles. The summed E-state index contributed by atoms with van der Waals surface area (Å²) in [5.41, 5.74) is 7.38. The summed E-state index contributed by atoms with van der Waals surface area (Å²) in [5.74, 6) is 0.240. The van der Waals surface area contributed by atoms with E-state index in [2.05, 4.69) is 44.7 Å². The molecule has 22 heavy (non-hydrogen) atoms. The van der Waals surface area contributed by atoms with Crippen molar-refractivity contribution in [3.05, 3.63) is 35.4 Å². The van der Waals surface area contributed by atoms with E-state index in [1.54, 1.807) is 7.11 Å². The second-order valence-electron chi connectivity index (χ2n) is 6.91. The molecule has 4 heteroatoms. The summed E-state index contributed by atoms with van der Waals surface area (Å²) in [6, 6.07) is 7.70. The van der Waals surface area contributed by atoms with Gasteiger partial charge < -0.3 is 4.74 Å². The van der Waals surface area contributed by atoms with Gasteiger partial charge in [0.05, 0.1) is 6.10 Å². The minimum atomic E-state index is 0.105. The van der Waals surface area contributed by atoms with Crippen LogP contribution < -0.4 is 5.73 Å². The SMILES string of the molecule is CC(C)(C)C.COC1CCC(=O)c2ccccc21.C[C](N)=[V]. The van der Waals surface area contributed by atoms with Gasteiger partial charge in [-0.1, -0.05) is 52.0 Å². The number of fused-ring (bicyclic) bond motifs is 1. The number of nitrogens with two attached hydrogens (primary N) is 1. The zero-order chi connectivity index (χ0) is 17.3. The fourth-order valence-electron chi connectivity index (χ4n) is 1.83. The van der Waals surface area contributed by atoms with E-state index in [1.807, 2.05) is 31.2 Å². The number of methoxy groups -OCH3 is 1. The molecule has 123 valence electrons. The van der Waals surface area contributed by atoms with E-state index in [1.165, 1.54) is 0 Å². The molecular formula is C18H29NO2V. The zero-order valence-electron chi connectivity index (χ0n) is 14.6. The summed E-state index contributed by atoms with van der Waals surface area (Å²) in [5, 5.41) is 0. The second-order valence-corrected chi connectivity index (χ2v) is 8.02. The van der Waals surface area contributed by atoms with Crippen LogP contribution in [0.4, 0.5) is 0 Å². The van der Waals surface area contributed by atoms with Gasteiger partial charge in [-0.05, 0) is 17.4 Å². The Balaban J connectivity index is 0.000000411. The molecule has 0 saturated heterocycles. The molecule has 1 atom stereocenters. The second kappa shape index (κ2) is 10.1. The summed E-state index contributed by atoms with van der Waals surface area (Å²) in [7, 11) is 1.69. The molecular weight excluding hydrogens is 313 g/mol. The number of rotatable bonds is 1. The maximum atomic E-state index is 11.5. The van der Waals surface area contributed by atoms with Crippen LogP contribution in [0.5, 0.6) is 0 Å². The molecule has 0 aromatic heterocycles. The van der Waals surface area contributed by atoms with Crippen LogP contribution in [0, 0.1) is 5.41 Å². The Bertz CT molecular complexity index is 482. The number of hydrogen-bond donors (Lipinski definition) is 1. The van der Waals surface area contributed by atoms with Crippen molar-refractivity contribution in [2.75, 3.05) is 7.11 Å². The molecule has 0 amide bonds. The third kappa shape index (κ3) is 10.1. The van der Waals surface area contributed by atoms with Gasteiger partial charge in [0.2, 0.25) is 0 Å². The Kier molecular flexibility index (Phi) is 9.78. The number of carbonyl (C=O) groups excluding carboxylic acids is 1. The third-order valence-electron chi connectivity index (χ3n) is 2.53. The van der Waals surface area contributed by atoms with Gasteiger partial charge in [-0.25, -0.2) is 0 Å². The molecule has 1 aromatic rings. The summed E-state index contributed by atoms with van der Waals surface area (Å²) in [4.78, 5) is 11.5. The van der Waals surface area contributed by atoms with Gasteiger partial charge in [0.15, 0.2) is 5.78 Å². The Hall–Kier alpha value is -0.736. The van der Waals surface area contributed by atoms with Crippen molar-refractivity contribution in [2.45, 2.75) is 53.6 Å². The molecule has 0 spiro atoms. The number of benzene rings is 1. The Morgan fingerprint density at radius 1 is 1.27 bits per heavy atom. The van der Waals surface area contributed by atoms with Crippen LogP contribution in [-0.4, -0.2) is 17.2 Å². The molecule has 2 N–H and O–H groups in total. The number of ether oxygens (including phenoxy) is 1. The first-order chi connectivity index (χ1) is 10.1. The predicted molar refractivity (Wildman–Crippen MR) is 89.8 cm³/mol. The summed E-state index contributed by atoms with van der Waals surface area (Å²) in [6.45, 7) is 10.6. The molecule has 0 aliphatic heterocycles. The molecule has 0 heterocycles. The third-order valence-corrected chi connectivity index (χ3v) is 2.53. The van der Waals surface area contributed by atoms with E-state index in [4.69, 9.17) is 10.5 Å². The summed E-state index contributed by atoms with van der Waals surface area (Å²) >= 11 is 2.23. The first-order valence-corrected chi connectivity index (χ1v) is 8.19. The van der Waals surface area contributed by atoms with Gasteiger partial charge in [-0.2, -0.15) is 0 Å². The van der Waals surface area contributed by atoms with Crippen molar-refractivity contribution in [2.24, 2.45) is 11.1 Å². The van der Waals surface area contributed by atoms with Crippen molar-refractivity contribution in [3.63, 3.8) is 0 Å². The molecule has 0 bridgehead atoms.